The van der Waals surface area contributed by atoms with E-state index in [0.29, 0.717) is 51.6 Å². The number of aryl methyl sites for hydroxylation is 1. The average molecular weight is 548 g/mol. The molecule has 2 aromatic carbocycles. The highest BCUT2D eigenvalue weighted by atomic mass is 32.1. The van der Waals surface area contributed by atoms with E-state index in [-0.39, 0.29) is 16.8 Å². The van der Waals surface area contributed by atoms with E-state index in [1.54, 1.807) is 19.2 Å². The number of nitrogens with zero attached hydrogens (tertiary/aromatic N) is 3. The van der Waals surface area contributed by atoms with Crippen molar-refractivity contribution >= 4 is 33.3 Å². The Bertz CT molecular complexity index is 1590. The Morgan fingerprint density at radius 3 is 2.54 bits per heavy atom. The zero-order valence-electron chi connectivity index (χ0n) is 23.1. The molecular formula is C30H33N3O5S. The third kappa shape index (κ3) is 5.15. The fraction of sp³-hybridized carbons (Fsp3) is 0.400. The van der Waals surface area contributed by atoms with Crippen LogP contribution in [-0.4, -0.2) is 29.8 Å². The van der Waals surface area contributed by atoms with Gasteiger partial charge < -0.3 is 13.9 Å². The van der Waals surface area contributed by atoms with Gasteiger partial charge in [-0.15, -0.1) is 10.2 Å². The average Bonchev–Trinajstić information content (AvgIpc) is 3.46. The van der Waals surface area contributed by atoms with Gasteiger partial charge in [0.25, 0.3) is 5.91 Å². The molecule has 1 unspecified atom stereocenters. The molecule has 3 heterocycles. The van der Waals surface area contributed by atoms with Crippen molar-refractivity contribution in [2.24, 2.45) is 11.8 Å². The van der Waals surface area contributed by atoms with Crippen molar-refractivity contribution in [3.8, 4) is 11.5 Å². The van der Waals surface area contributed by atoms with Crippen molar-refractivity contribution in [3.63, 3.8) is 0 Å². The Labute approximate surface area is 231 Å². The molecule has 0 saturated carbocycles. The lowest BCUT2D eigenvalue weighted by Crippen LogP contribution is -2.29. The van der Waals surface area contributed by atoms with Crippen LogP contribution in [0.1, 0.15) is 72.4 Å². The molecule has 0 N–H and O–H groups in total. The first-order chi connectivity index (χ1) is 18.7. The summed E-state index contributed by atoms with van der Waals surface area (Å²) in [5.41, 5.74) is 2.05. The highest BCUT2D eigenvalue weighted by Crippen LogP contribution is 2.44. The summed E-state index contributed by atoms with van der Waals surface area (Å²) in [6.45, 7) is 11.0. The summed E-state index contributed by atoms with van der Waals surface area (Å²) in [5, 5.41) is 10.4. The summed E-state index contributed by atoms with van der Waals surface area (Å²) < 4.78 is 17.7. The predicted molar refractivity (Wildman–Crippen MR) is 152 cm³/mol. The van der Waals surface area contributed by atoms with Crippen molar-refractivity contribution in [3.05, 3.63) is 74.1 Å². The Morgan fingerprint density at radius 2 is 1.82 bits per heavy atom. The maximum absolute atomic E-state index is 13.9. The number of amides is 1. The summed E-state index contributed by atoms with van der Waals surface area (Å²) in [6, 6.07) is 10.1. The summed E-state index contributed by atoms with van der Waals surface area (Å²) in [6.07, 6.45) is 1.65. The molecule has 8 nitrogen and oxygen atoms in total. The van der Waals surface area contributed by atoms with E-state index in [2.05, 4.69) is 37.9 Å². The van der Waals surface area contributed by atoms with Crippen LogP contribution in [0.4, 0.5) is 5.13 Å². The number of hydrogen-bond acceptors (Lipinski definition) is 8. The highest BCUT2D eigenvalue weighted by Gasteiger charge is 2.45. The van der Waals surface area contributed by atoms with Gasteiger partial charge >= 0.3 is 0 Å². The fourth-order valence-electron chi connectivity index (χ4n) is 4.75. The first-order valence-electron chi connectivity index (χ1n) is 13.2. The quantitative estimate of drug-likeness (QED) is 0.241. The number of fused-ring (bicyclic) bond motifs is 2. The van der Waals surface area contributed by atoms with Gasteiger partial charge in [-0.1, -0.05) is 56.7 Å². The van der Waals surface area contributed by atoms with Crippen LogP contribution in [0.25, 0.3) is 11.0 Å². The van der Waals surface area contributed by atoms with E-state index >= 15 is 0 Å². The second-order valence-electron chi connectivity index (χ2n) is 10.8. The van der Waals surface area contributed by atoms with Gasteiger partial charge in [0.05, 0.1) is 30.7 Å². The molecule has 0 bridgehead atoms. The van der Waals surface area contributed by atoms with Crippen molar-refractivity contribution in [2.75, 3.05) is 18.6 Å². The molecule has 0 radical (unpaired) electrons. The molecule has 2 aromatic heterocycles. The molecule has 9 heteroatoms. The van der Waals surface area contributed by atoms with Gasteiger partial charge in [0.1, 0.15) is 10.6 Å². The number of aromatic nitrogens is 2. The third-order valence-electron chi connectivity index (χ3n) is 6.73. The Morgan fingerprint density at radius 1 is 1.03 bits per heavy atom. The molecule has 1 aliphatic rings. The number of hydrogen-bond donors (Lipinski definition) is 0. The van der Waals surface area contributed by atoms with E-state index in [1.807, 2.05) is 31.2 Å². The largest absolute Gasteiger partial charge is 0.493 e. The second-order valence-corrected chi connectivity index (χ2v) is 11.8. The van der Waals surface area contributed by atoms with Gasteiger partial charge in [-0.3, -0.25) is 14.5 Å². The lowest BCUT2D eigenvalue weighted by molar-refractivity contribution is 0.0970. The molecule has 0 saturated heterocycles. The molecular weight excluding hydrogens is 514 g/mol. The van der Waals surface area contributed by atoms with E-state index in [4.69, 9.17) is 13.9 Å². The molecule has 5 rings (SSSR count). The van der Waals surface area contributed by atoms with Crippen LogP contribution in [0.5, 0.6) is 11.5 Å². The number of carbonyl (C=O) groups excluding carboxylic acids is 1. The lowest BCUT2D eigenvalue weighted by atomic mass is 9.98. The zero-order chi connectivity index (χ0) is 27.8. The van der Waals surface area contributed by atoms with Gasteiger partial charge in [-0.2, -0.15) is 0 Å². The molecule has 1 amide bonds. The van der Waals surface area contributed by atoms with Gasteiger partial charge in [0.15, 0.2) is 16.9 Å². The van der Waals surface area contributed by atoms with Crippen molar-refractivity contribution in [2.45, 2.75) is 53.5 Å². The minimum absolute atomic E-state index is 0.0261. The smallest absolute Gasteiger partial charge is 0.297 e. The zero-order valence-corrected chi connectivity index (χ0v) is 23.9. The minimum Gasteiger partial charge on any atom is -0.493 e. The topological polar surface area (TPSA) is 94.8 Å². The monoisotopic (exact) mass is 547 g/mol. The number of ether oxygens (including phenoxy) is 2. The maximum atomic E-state index is 13.9. The summed E-state index contributed by atoms with van der Waals surface area (Å²) in [5.74, 6) is 1.63. The third-order valence-corrected chi connectivity index (χ3v) is 7.67. The first-order valence-corrected chi connectivity index (χ1v) is 14.0. The Hall–Kier alpha value is -3.72. The van der Waals surface area contributed by atoms with E-state index in [9.17, 15) is 9.59 Å². The first kappa shape index (κ1) is 26.9. The second kappa shape index (κ2) is 10.8. The van der Waals surface area contributed by atoms with Crippen molar-refractivity contribution in [1.82, 2.24) is 10.2 Å². The molecule has 39 heavy (non-hydrogen) atoms. The molecule has 1 atom stereocenters. The summed E-state index contributed by atoms with van der Waals surface area (Å²) in [7, 11) is 1.58. The van der Waals surface area contributed by atoms with Gasteiger partial charge in [-0.05, 0) is 55.0 Å². The predicted octanol–water partition coefficient (Wildman–Crippen LogP) is 6.33. The van der Waals surface area contributed by atoms with Crippen molar-refractivity contribution < 1.29 is 18.7 Å². The number of anilines is 1. The SMILES string of the molecule is COc1cc(C2c3c(oc4ccc(C)cc4c3=O)C(=O)N2c2nnc(CC(C)C)s2)ccc1OCCC(C)C. The van der Waals surface area contributed by atoms with E-state index < -0.39 is 11.9 Å². The molecule has 0 spiro atoms. The molecule has 0 fully saturated rings. The van der Waals surface area contributed by atoms with Crippen LogP contribution in [0.15, 0.2) is 45.6 Å². The lowest BCUT2D eigenvalue weighted by Gasteiger charge is -2.23. The molecule has 204 valence electrons. The van der Waals surface area contributed by atoms with Crippen LogP contribution >= 0.6 is 11.3 Å². The van der Waals surface area contributed by atoms with Crippen LogP contribution in [0.2, 0.25) is 0 Å². The minimum atomic E-state index is -0.757. The van der Waals surface area contributed by atoms with Gasteiger partial charge in [0, 0.05) is 6.42 Å². The normalized spacial score (nSPS) is 15.0. The molecule has 1 aliphatic heterocycles. The summed E-state index contributed by atoms with van der Waals surface area (Å²) >= 11 is 1.35. The Kier molecular flexibility index (Phi) is 7.44. The highest BCUT2D eigenvalue weighted by molar-refractivity contribution is 7.15. The van der Waals surface area contributed by atoms with Crippen molar-refractivity contribution in [1.29, 1.82) is 0 Å². The van der Waals surface area contributed by atoms with Crippen LogP contribution in [-0.2, 0) is 6.42 Å². The number of benzene rings is 2. The van der Waals surface area contributed by atoms with E-state index in [0.717, 1.165) is 23.4 Å². The fourth-order valence-corrected chi connectivity index (χ4v) is 5.83. The Balaban J connectivity index is 1.66. The van der Waals surface area contributed by atoms with Crippen LogP contribution in [0.3, 0.4) is 0 Å². The molecule has 4 aromatic rings. The van der Waals surface area contributed by atoms with Crippen LogP contribution < -0.4 is 19.8 Å². The molecule has 0 aliphatic carbocycles. The van der Waals surface area contributed by atoms with E-state index in [1.165, 1.54) is 16.2 Å². The maximum Gasteiger partial charge on any atom is 0.297 e. The summed E-state index contributed by atoms with van der Waals surface area (Å²) in [4.78, 5) is 29.3. The van der Waals surface area contributed by atoms with Crippen LogP contribution in [0, 0.1) is 18.8 Å². The standard InChI is InChI=1S/C30H33N3O5S/c1-16(2)11-12-37-22-10-8-19(15-23(22)36-6)26-25-27(34)20-14-18(5)7-9-21(20)38-28(25)29(35)33(26)30-32-31-24(39-30)13-17(3)4/h7-10,14-17,26H,11-13H2,1-6H3. The number of carbonyl (C=O) groups is 1. The van der Waals surface area contributed by atoms with Gasteiger partial charge in [-0.25, -0.2) is 0 Å². The van der Waals surface area contributed by atoms with Gasteiger partial charge in [0.2, 0.25) is 10.9 Å². The number of methoxy groups -OCH3 is 1. The number of rotatable bonds is 9.